The molecule has 1 aliphatic rings. The van der Waals surface area contributed by atoms with Gasteiger partial charge in [-0.25, -0.2) is 4.98 Å². The summed E-state index contributed by atoms with van der Waals surface area (Å²) in [6.07, 6.45) is 0. The first-order valence-electron chi connectivity index (χ1n) is 6.67. The maximum absolute atomic E-state index is 12.2. The Hall–Kier alpha value is -1.89. The highest BCUT2D eigenvalue weighted by atomic mass is 16.4. The number of aryl methyl sites for hydroxylation is 2. The molecule has 1 aromatic heterocycles. The minimum absolute atomic E-state index is 0.0451. The number of carbonyl (C=O) groups excluding carboxylic acids is 2. The van der Waals surface area contributed by atoms with E-state index in [9.17, 15) is 9.59 Å². The van der Waals surface area contributed by atoms with Gasteiger partial charge in [0.25, 0.3) is 5.91 Å². The average molecular weight is 280 g/mol. The van der Waals surface area contributed by atoms with Crippen LogP contribution in [0, 0.1) is 13.8 Å². The zero-order chi connectivity index (χ0) is 14.7. The SMILES string of the molecule is Cc1nc(C)c(C(=O)N(C)CC(=O)N2CCNCC2)o1. The number of nitrogens with one attached hydrogen (secondary N) is 1. The molecule has 110 valence electrons. The van der Waals surface area contributed by atoms with Crippen LogP contribution in [0.1, 0.15) is 22.1 Å². The minimum atomic E-state index is -0.313. The number of oxazole rings is 1. The highest BCUT2D eigenvalue weighted by molar-refractivity contribution is 5.94. The molecule has 0 spiro atoms. The van der Waals surface area contributed by atoms with Gasteiger partial charge in [-0.2, -0.15) is 0 Å². The van der Waals surface area contributed by atoms with Crippen molar-refractivity contribution in [1.82, 2.24) is 20.1 Å². The summed E-state index contributed by atoms with van der Waals surface area (Å²) in [6, 6.07) is 0. The van der Waals surface area contributed by atoms with E-state index in [0.29, 0.717) is 24.7 Å². The molecular formula is C13H20N4O3. The maximum atomic E-state index is 12.2. The molecule has 0 atom stereocenters. The minimum Gasteiger partial charge on any atom is -0.436 e. The van der Waals surface area contributed by atoms with E-state index < -0.39 is 0 Å². The Morgan fingerprint density at radius 2 is 2.00 bits per heavy atom. The summed E-state index contributed by atoms with van der Waals surface area (Å²) < 4.78 is 5.29. The van der Waals surface area contributed by atoms with Crippen LogP contribution in [0.5, 0.6) is 0 Å². The average Bonchev–Trinajstić information content (AvgIpc) is 2.77. The van der Waals surface area contributed by atoms with E-state index in [1.54, 1.807) is 25.8 Å². The number of carbonyl (C=O) groups is 2. The molecule has 1 aliphatic heterocycles. The number of piperazine rings is 1. The van der Waals surface area contributed by atoms with Crippen molar-refractivity contribution in [2.24, 2.45) is 0 Å². The molecule has 2 amide bonds. The van der Waals surface area contributed by atoms with Crippen LogP contribution in [0.15, 0.2) is 4.42 Å². The Balaban J connectivity index is 1.97. The van der Waals surface area contributed by atoms with Crippen LogP contribution in [0.4, 0.5) is 0 Å². The number of hydrogen-bond donors (Lipinski definition) is 1. The fraction of sp³-hybridized carbons (Fsp3) is 0.615. The van der Waals surface area contributed by atoms with Crippen molar-refractivity contribution in [1.29, 1.82) is 0 Å². The first-order valence-corrected chi connectivity index (χ1v) is 6.67. The van der Waals surface area contributed by atoms with Crippen LogP contribution in [0.3, 0.4) is 0 Å². The monoisotopic (exact) mass is 280 g/mol. The van der Waals surface area contributed by atoms with Crippen molar-refractivity contribution in [3.63, 3.8) is 0 Å². The van der Waals surface area contributed by atoms with Gasteiger partial charge in [0.15, 0.2) is 5.89 Å². The lowest BCUT2D eigenvalue weighted by Gasteiger charge is -2.29. The van der Waals surface area contributed by atoms with Gasteiger partial charge < -0.3 is 19.5 Å². The topological polar surface area (TPSA) is 78.7 Å². The molecule has 7 heteroatoms. The van der Waals surface area contributed by atoms with E-state index in [0.717, 1.165) is 13.1 Å². The van der Waals surface area contributed by atoms with Crippen LogP contribution < -0.4 is 5.32 Å². The van der Waals surface area contributed by atoms with Crippen LogP contribution in [-0.2, 0) is 4.79 Å². The summed E-state index contributed by atoms with van der Waals surface area (Å²) in [5.74, 6) is 0.300. The Morgan fingerprint density at radius 3 is 2.55 bits per heavy atom. The van der Waals surface area contributed by atoms with Crippen molar-refractivity contribution >= 4 is 11.8 Å². The molecule has 7 nitrogen and oxygen atoms in total. The molecular weight excluding hydrogens is 260 g/mol. The van der Waals surface area contributed by atoms with E-state index in [1.165, 1.54) is 4.90 Å². The molecule has 1 saturated heterocycles. The summed E-state index contributed by atoms with van der Waals surface area (Å²) in [6.45, 7) is 6.42. The van der Waals surface area contributed by atoms with E-state index in [-0.39, 0.29) is 24.1 Å². The number of nitrogens with zero attached hydrogens (tertiary/aromatic N) is 3. The quantitative estimate of drug-likeness (QED) is 0.829. The Morgan fingerprint density at radius 1 is 1.35 bits per heavy atom. The maximum Gasteiger partial charge on any atom is 0.291 e. The van der Waals surface area contributed by atoms with Gasteiger partial charge in [-0.3, -0.25) is 9.59 Å². The van der Waals surface area contributed by atoms with Gasteiger partial charge in [0, 0.05) is 40.2 Å². The molecule has 0 unspecified atom stereocenters. The molecule has 1 fully saturated rings. The summed E-state index contributed by atoms with van der Waals surface area (Å²) in [7, 11) is 1.60. The van der Waals surface area contributed by atoms with E-state index in [2.05, 4.69) is 10.3 Å². The second-order valence-corrected chi connectivity index (χ2v) is 4.94. The van der Waals surface area contributed by atoms with Crippen molar-refractivity contribution in [2.75, 3.05) is 39.8 Å². The third-order valence-corrected chi connectivity index (χ3v) is 3.29. The van der Waals surface area contributed by atoms with E-state index >= 15 is 0 Å². The molecule has 2 rings (SSSR count). The highest BCUT2D eigenvalue weighted by Gasteiger charge is 2.24. The van der Waals surface area contributed by atoms with Gasteiger partial charge in [0.1, 0.15) is 0 Å². The summed E-state index contributed by atoms with van der Waals surface area (Å²) in [5.41, 5.74) is 0.550. The molecule has 0 radical (unpaired) electrons. The van der Waals surface area contributed by atoms with Gasteiger partial charge in [0.2, 0.25) is 11.7 Å². The Labute approximate surface area is 117 Å². The highest BCUT2D eigenvalue weighted by Crippen LogP contribution is 2.11. The van der Waals surface area contributed by atoms with Crippen LogP contribution in [0.2, 0.25) is 0 Å². The van der Waals surface area contributed by atoms with Crippen molar-refractivity contribution in [2.45, 2.75) is 13.8 Å². The van der Waals surface area contributed by atoms with E-state index in [1.807, 2.05) is 0 Å². The zero-order valence-corrected chi connectivity index (χ0v) is 12.1. The molecule has 0 saturated carbocycles. The Bertz CT molecular complexity index is 506. The first-order chi connectivity index (χ1) is 9.49. The van der Waals surface area contributed by atoms with Crippen LogP contribution in [-0.4, -0.2) is 66.4 Å². The standard InChI is InChI=1S/C13H20N4O3/c1-9-12(20-10(2)15-9)13(19)16(3)8-11(18)17-6-4-14-5-7-17/h14H,4-8H2,1-3H3. The third kappa shape index (κ3) is 3.16. The fourth-order valence-electron chi connectivity index (χ4n) is 2.19. The largest absolute Gasteiger partial charge is 0.436 e. The van der Waals surface area contributed by atoms with Crippen molar-refractivity contribution in [3.8, 4) is 0 Å². The van der Waals surface area contributed by atoms with Crippen LogP contribution >= 0.6 is 0 Å². The van der Waals surface area contributed by atoms with Crippen LogP contribution in [0.25, 0.3) is 0 Å². The van der Waals surface area contributed by atoms with Gasteiger partial charge >= 0.3 is 0 Å². The number of likely N-dealkylation sites (N-methyl/N-ethyl adjacent to an activating group) is 1. The van der Waals surface area contributed by atoms with Gasteiger partial charge in [-0.15, -0.1) is 0 Å². The normalized spacial score (nSPS) is 15.2. The third-order valence-electron chi connectivity index (χ3n) is 3.29. The summed E-state index contributed by atoms with van der Waals surface area (Å²) in [5, 5.41) is 3.18. The lowest BCUT2D eigenvalue weighted by molar-refractivity contribution is -0.132. The lowest BCUT2D eigenvalue weighted by Crippen LogP contribution is -2.49. The predicted octanol–water partition coefficient (Wildman–Crippen LogP) is -0.205. The molecule has 2 heterocycles. The van der Waals surface area contributed by atoms with Gasteiger partial charge in [-0.1, -0.05) is 0 Å². The van der Waals surface area contributed by atoms with Crippen molar-refractivity contribution < 1.29 is 14.0 Å². The van der Waals surface area contributed by atoms with E-state index in [4.69, 9.17) is 4.42 Å². The first kappa shape index (κ1) is 14.5. The molecule has 0 aromatic carbocycles. The smallest absolute Gasteiger partial charge is 0.291 e. The zero-order valence-electron chi connectivity index (χ0n) is 12.1. The second-order valence-electron chi connectivity index (χ2n) is 4.94. The summed E-state index contributed by atoms with van der Waals surface area (Å²) in [4.78, 5) is 31.5. The molecule has 0 bridgehead atoms. The number of rotatable bonds is 3. The fourth-order valence-corrected chi connectivity index (χ4v) is 2.19. The number of amides is 2. The second kappa shape index (κ2) is 6.04. The van der Waals surface area contributed by atoms with Gasteiger partial charge in [-0.05, 0) is 6.92 Å². The lowest BCUT2D eigenvalue weighted by atomic mass is 10.3. The van der Waals surface area contributed by atoms with Crippen molar-refractivity contribution in [3.05, 3.63) is 17.3 Å². The molecule has 0 aliphatic carbocycles. The van der Waals surface area contributed by atoms with Gasteiger partial charge in [0.05, 0.1) is 12.2 Å². The summed E-state index contributed by atoms with van der Waals surface area (Å²) >= 11 is 0. The molecule has 1 aromatic rings. The Kier molecular flexibility index (Phi) is 4.39. The molecule has 20 heavy (non-hydrogen) atoms. The molecule has 1 N–H and O–H groups in total. The predicted molar refractivity (Wildman–Crippen MR) is 72.4 cm³/mol. The number of aromatic nitrogens is 1. The number of hydrogen-bond acceptors (Lipinski definition) is 5.